The highest BCUT2D eigenvalue weighted by Crippen LogP contribution is 2.33. The number of pyridine rings is 1. The van der Waals surface area contributed by atoms with E-state index < -0.39 is 0 Å². The molecule has 0 spiro atoms. The fourth-order valence-electron chi connectivity index (χ4n) is 2.60. The molecule has 1 saturated heterocycles. The van der Waals surface area contributed by atoms with E-state index in [-0.39, 0.29) is 5.54 Å². The molecule has 1 aliphatic heterocycles. The van der Waals surface area contributed by atoms with Crippen LogP contribution in [0, 0.1) is 0 Å². The first-order chi connectivity index (χ1) is 9.19. The van der Waals surface area contributed by atoms with Gasteiger partial charge in [0.15, 0.2) is 0 Å². The van der Waals surface area contributed by atoms with E-state index in [9.17, 15) is 0 Å². The molecule has 0 bridgehead atoms. The van der Waals surface area contributed by atoms with Crippen LogP contribution in [0.3, 0.4) is 0 Å². The van der Waals surface area contributed by atoms with Crippen LogP contribution in [0.25, 0.3) is 11.3 Å². The van der Waals surface area contributed by atoms with E-state index in [1.54, 1.807) is 6.20 Å². The van der Waals surface area contributed by atoms with Crippen LogP contribution in [0.15, 0.2) is 30.9 Å². The van der Waals surface area contributed by atoms with Crippen LogP contribution in [-0.4, -0.2) is 27.7 Å². The summed E-state index contributed by atoms with van der Waals surface area (Å²) < 4.78 is 7.70. The second-order valence-electron chi connectivity index (χ2n) is 5.23. The van der Waals surface area contributed by atoms with Gasteiger partial charge >= 0.3 is 0 Å². The molecule has 19 heavy (non-hydrogen) atoms. The van der Waals surface area contributed by atoms with Crippen molar-refractivity contribution in [1.82, 2.24) is 14.5 Å². The molecule has 2 N–H and O–H groups in total. The fourth-order valence-corrected chi connectivity index (χ4v) is 2.60. The zero-order valence-electron chi connectivity index (χ0n) is 11.0. The Bertz CT molecular complexity index is 572. The molecule has 2 aromatic heterocycles. The Morgan fingerprint density at radius 2 is 2.16 bits per heavy atom. The Morgan fingerprint density at radius 1 is 1.37 bits per heavy atom. The van der Waals surface area contributed by atoms with E-state index in [4.69, 9.17) is 10.5 Å². The lowest BCUT2D eigenvalue weighted by Gasteiger charge is -2.36. The lowest BCUT2D eigenvalue weighted by molar-refractivity contribution is 0.0301. The summed E-state index contributed by atoms with van der Waals surface area (Å²) in [6, 6.07) is 3.85. The van der Waals surface area contributed by atoms with Crippen molar-refractivity contribution >= 4 is 5.82 Å². The summed E-state index contributed by atoms with van der Waals surface area (Å²) in [7, 11) is 0. The molecule has 5 heteroatoms. The van der Waals surface area contributed by atoms with Crippen molar-refractivity contribution in [2.45, 2.75) is 25.3 Å². The summed E-state index contributed by atoms with van der Waals surface area (Å²) in [5.41, 5.74) is 7.96. The number of nitrogens with zero attached hydrogens (tertiary/aromatic N) is 3. The maximum absolute atomic E-state index is 5.77. The number of hydrogen-bond acceptors (Lipinski definition) is 4. The zero-order valence-corrected chi connectivity index (χ0v) is 11.0. The molecule has 0 radical (unpaired) electrons. The SMILES string of the molecule is CC1(n2cncc2-c2ccnc(N)c2)CCOCC1. The third-order valence-electron chi connectivity index (χ3n) is 3.87. The normalized spacial score (nSPS) is 18.4. The molecule has 0 aromatic carbocycles. The Hall–Kier alpha value is -1.88. The summed E-state index contributed by atoms with van der Waals surface area (Å²) in [5, 5.41) is 0. The third-order valence-corrected chi connectivity index (χ3v) is 3.87. The van der Waals surface area contributed by atoms with Gasteiger partial charge in [0.1, 0.15) is 5.82 Å². The van der Waals surface area contributed by atoms with Crippen LogP contribution >= 0.6 is 0 Å². The quantitative estimate of drug-likeness (QED) is 0.895. The molecule has 3 heterocycles. The number of nitrogens with two attached hydrogens (primary N) is 1. The second-order valence-corrected chi connectivity index (χ2v) is 5.23. The van der Waals surface area contributed by atoms with Gasteiger partial charge in [-0.25, -0.2) is 9.97 Å². The van der Waals surface area contributed by atoms with Gasteiger partial charge in [-0.3, -0.25) is 0 Å². The number of ether oxygens (including phenoxy) is 1. The summed E-state index contributed by atoms with van der Waals surface area (Å²) in [4.78, 5) is 8.35. The molecule has 0 saturated carbocycles. The summed E-state index contributed by atoms with van der Waals surface area (Å²) in [6.07, 6.45) is 7.51. The molecule has 2 aromatic rings. The second kappa shape index (κ2) is 4.66. The van der Waals surface area contributed by atoms with Crippen LogP contribution in [0.1, 0.15) is 19.8 Å². The molecular formula is C14H18N4O. The maximum atomic E-state index is 5.77. The van der Waals surface area contributed by atoms with Crippen molar-refractivity contribution in [2.75, 3.05) is 18.9 Å². The van der Waals surface area contributed by atoms with Crippen molar-refractivity contribution < 1.29 is 4.74 Å². The largest absolute Gasteiger partial charge is 0.384 e. The number of hydrogen-bond donors (Lipinski definition) is 1. The van der Waals surface area contributed by atoms with E-state index in [1.165, 1.54) is 0 Å². The molecule has 0 atom stereocenters. The highest BCUT2D eigenvalue weighted by atomic mass is 16.5. The Balaban J connectivity index is 2.03. The van der Waals surface area contributed by atoms with E-state index >= 15 is 0 Å². The minimum atomic E-state index is 0.0577. The number of anilines is 1. The number of nitrogen functional groups attached to an aromatic ring is 1. The highest BCUT2D eigenvalue weighted by Gasteiger charge is 2.30. The molecule has 0 aliphatic carbocycles. The average Bonchev–Trinajstić information content (AvgIpc) is 2.89. The van der Waals surface area contributed by atoms with Crippen molar-refractivity contribution in [3.8, 4) is 11.3 Å². The lowest BCUT2D eigenvalue weighted by atomic mass is 9.91. The van der Waals surface area contributed by atoms with Gasteiger partial charge in [-0.05, 0) is 31.9 Å². The molecule has 1 fully saturated rings. The monoisotopic (exact) mass is 258 g/mol. The number of aromatic nitrogens is 3. The first-order valence-electron chi connectivity index (χ1n) is 6.51. The summed E-state index contributed by atoms with van der Waals surface area (Å²) >= 11 is 0. The zero-order chi connectivity index (χ0) is 13.3. The molecular weight excluding hydrogens is 240 g/mol. The molecule has 5 nitrogen and oxygen atoms in total. The minimum absolute atomic E-state index is 0.0577. The van der Waals surface area contributed by atoms with Crippen molar-refractivity contribution in [2.24, 2.45) is 0 Å². The van der Waals surface area contributed by atoms with Gasteiger partial charge < -0.3 is 15.0 Å². The Morgan fingerprint density at radius 3 is 2.89 bits per heavy atom. The maximum Gasteiger partial charge on any atom is 0.123 e. The van der Waals surface area contributed by atoms with Gasteiger partial charge in [0.2, 0.25) is 0 Å². The van der Waals surface area contributed by atoms with Crippen LogP contribution in [0.5, 0.6) is 0 Å². The first kappa shape index (κ1) is 12.2. The smallest absolute Gasteiger partial charge is 0.123 e. The third kappa shape index (κ3) is 2.21. The van der Waals surface area contributed by atoms with E-state index in [0.717, 1.165) is 37.3 Å². The average molecular weight is 258 g/mol. The van der Waals surface area contributed by atoms with Gasteiger partial charge in [0, 0.05) is 30.5 Å². The van der Waals surface area contributed by atoms with E-state index in [2.05, 4.69) is 21.5 Å². The van der Waals surface area contributed by atoms with Crippen LogP contribution in [0.4, 0.5) is 5.82 Å². The van der Waals surface area contributed by atoms with E-state index in [0.29, 0.717) is 5.82 Å². The van der Waals surface area contributed by atoms with Gasteiger partial charge in [-0.2, -0.15) is 0 Å². The van der Waals surface area contributed by atoms with Gasteiger partial charge in [0.05, 0.1) is 18.2 Å². The topological polar surface area (TPSA) is 66.0 Å². The van der Waals surface area contributed by atoms with Crippen LogP contribution in [0.2, 0.25) is 0 Å². The molecule has 0 amide bonds. The lowest BCUT2D eigenvalue weighted by Crippen LogP contribution is -2.36. The summed E-state index contributed by atoms with van der Waals surface area (Å²) in [5.74, 6) is 0.530. The van der Waals surface area contributed by atoms with Crippen molar-refractivity contribution in [3.05, 3.63) is 30.9 Å². The van der Waals surface area contributed by atoms with Crippen LogP contribution < -0.4 is 5.73 Å². The van der Waals surface area contributed by atoms with Gasteiger partial charge in [-0.1, -0.05) is 0 Å². The van der Waals surface area contributed by atoms with Crippen molar-refractivity contribution in [3.63, 3.8) is 0 Å². The van der Waals surface area contributed by atoms with Crippen LogP contribution in [-0.2, 0) is 10.3 Å². The Kier molecular flexibility index (Phi) is 2.98. The molecule has 0 unspecified atom stereocenters. The fraction of sp³-hybridized carbons (Fsp3) is 0.429. The molecule has 100 valence electrons. The van der Waals surface area contributed by atoms with Gasteiger partial charge in [-0.15, -0.1) is 0 Å². The predicted molar refractivity (Wildman–Crippen MR) is 73.6 cm³/mol. The Labute approximate surface area is 112 Å². The van der Waals surface area contributed by atoms with Crippen molar-refractivity contribution in [1.29, 1.82) is 0 Å². The first-order valence-corrected chi connectivity index (χ1v) is 6.51. The van der Waals surface area contributed by atoms with E-state index in [1.807, 2.05) is 24.7 Å². The predicted octanol–water partition coefficient (Wildman–Crippen LogP) is 2.05. The minimum Gasteiger partial charge on any atom is -0.384 e. The van der Waals surface area contributed by atoms with Gasteiger partial charge in [0.25, 0.3) is 0 Å². The molecule has 3 rings (SSSR count). The molecule has 1 aliphatic rings. The number of rotatable bonds is 2. The highest BCUT2D eigenvalue weighted by molar-refractivity contribution is 5.62. The number of imidazole rings is 1. The summed E-state index contributed by atoms with van der Waals surface area (Å²) in [6.45, 7) is 3.85. The standard InChI is InChI=1S/C14H18N4O/c1-14(3-6-19-7-4-14)18-10-16-9-12(18)11-2-5-17-13(15)8-11/h2,5,8-10H,3-4,6-7H2,1H3,(H2,15,17).